The summed E-state index contributed by atoms with van der Waals surface area (Å²) in [6.07, 6.45) is 2.19. The third-order valence-electron chi connectivity index (χ3n) is 4.12. The summed E-state index contributed by atoms with van der Waals surface area (Å²) in [5.41, 5.74) is 1.20. The summed E-state index contributed by atoms with van der Waals surface area (Å²) in [5, 5.41) is 4.93. The van der Waals surface area contributed by atoms with Gasteiger partial charge < -0.3 is 9.47 Å². The van der Waals surface area contributed by atoms with Crippen molar-refractivity contribution in [3.05, 3.63) is 61.0 Å². The van der Waals surface area contributed by atoms with Crippen LogP contribution in [-0.2, 0) is 6.42 Å². The van der Waals surface area contributed by atoms with Gasteiger partial charge in [0.05, 0.1) is 34.8 Å². The Hall–Kier alpha value is -2.19. The van der Waals surface area contributed by atoms with Crippen molar-refractivity contribution in [2.24, 2.45) is 5.10 Å². The minimum absolute atomic E-state index is 0.00778. The lowest BCUT2D eigenvalue weighted by Gasteiger charge is -2.15. The maximum atomic E-state index is 13.0. The molecule has 0 bridgehead atoms. The Morgan fingerprint density at radius 2 is 2.00 bits per heavy atom. The van der Waals surface area contributed by atoms with Crippen molar-refractivity contribution in [1.29, 1.82) is 0 Å². The third-order valence-corrected chi connectivity index (χ3v) is 5.20. The number of methoxy groups -OCH3 is 1. The third kappa shape index (κ3) is 4.70. The molecule has 3 rings (SSSR count). The first-order valence-electron chi connectivity index (χ1n) is 9.13. The number of aryl methyl sites for hydroxylation is 1. The Kier molecular flexibility index (Phi) is 6.74. The summed E-state index contributed by atoms with van der Waals surface area (Å²) in [6.45, 7) is 5.84. The average molecular weight is 523 g/mol. The molecule has 0 amide bonds. The Morgan fingerprint density at radius 1 is 1.24 bits per heavy atom. The zero-order chi connectivity index (χ0) is 21.1. The highest BCUT2D eigenvalue weighted by molar-refractivity contribution is 9.10. The van der Waals surface area contributed by atoms with Gasteiger partial charge in [0.2, 0.25) is 0 Å². The normalized spacial score (nSPS) is 11.6. The van der Waals surface area contributed by atoms with Gasteiger partial charge in [-0.15, -0.1) is 0 Å². The summed E-state index contributed by atoms with van der Waals surface area (Å²) in [6, 6.07) is 9.13. The Bertz CT molecular complexity index is 1140. The van der Waals surface area contributed by atoms with E-state index in [-0.39, 0.29) is 11.7 Å². The number of benzene rings is 2. The highest BCUT2D eigenvalue weighted by atomic mass is 79.9. The number of aromatic nitrogens is 2. The van der Waals surface area contributed by atoms with Crippen LogP contribution >= 0.6 is 31.9 Å². The van der Waals surface area contributed by atoms with Crippen molar-refractivity contribution in [2.75, 3.05) is 7.11 Å². The lowest BCUT2D eigenvalue weighted by Crippen LogP contribution is -2.22. The van der Waals surface area contributed by atoms with E-state index in [2.05, 4.69) is 41.9 Å². The molecule has 6 nitrogen and oxygen atoms in total. The van der Waals surface area contributed by atoms with Gasteiger partial charge in [0.1, 0.15) is 5.82 Å². The van der Waals surface area contributed by atoms with E-state index in [0.717, 1.165) is 14.5 Å². The zero-order valence-electron chi connectivity index (χ0n) is 16.6. The molecule has 29 heavy (non-hydrogen) atoms. The van der Waals surface area contributed by atoms with Crippen molar-refractivity contribution in [3.63, 3.8) is 0 Å². The molecule has 0 saturated carbocycles. The van der Waals surface area contributed by atoms with Gasteiger partial charge in [0.25, 0.3) is 5.56 Å². The van der Waals surface area contributed by atoms with Crippen LogP contribution < -0.4 is 15.0 Å². The fraction of sp³-hybridized carbons (Fsp3) is 0.286. The number of rotatable bonds is 6. The Morgan fingerprint density at radius 3 is 2.66 bits per heavy atom. The van der Waals surface area contributed by atoms with Crippen LogP contribution in [0.2, 0.25) is 0 Å². The first-order chi connectivity index (χ1) is 13.8. The summed E-state index contributed by atoms with van der Waals surface area (Å²) >= 11 is 6.93. The van der Waals surface area contributed by atoms with Gasteiger partial charge in [-0.25, -0.2) is 4.98 Å². The van der Waals surface area contributed by atoms with Gasteiger partial charge in [-0.1, -0.05) is 22.9 Å². The van der Waals surface area contributed by atoms with Crippen LogP contribution in [0.3, 0.4) is 0 Å². The number of hydrogen-bond donors (Lipinski definition) is 0. The smallest absolute Gasteiger partial charge is 0.282 e. The fourth-order valence-electron chi connectivity index (χ4n) is 2.83. The van der Waals surface area contributed by atoms with Crippen LogP contribution in [-0.4, -0.2) is 29.1 Å². The fourth-order valence-corrected chi connectivity index (χ4v) is 3.75. The number of halogens is 2. The summed E-state index contributed by atoms with van der Waals surface area (Å²) < 4.78 is 14.2. The van der Waals surface area contributed by atoms with Crippen LogP contribution in [0.15, 0.2) is 49.2 Å². The van der Waals surface area contributed by atoms with E-state index in [1.165, 1.54) is 4.68 Å². The largest absolute Gasteiger partial charge is 0.493 e. The molecule has 0 fully saturated rings. The van der Waals surface area contributed by atoms with Crippen molar-refractivity contribution in [3.8, 4) is 11.5 Å². The summed E-state index contributed by atoms with van der Waals surface area (Å²) in [5.74, 6) is 1.80. The van der Waals surface area contributed by atoms with Gasteiger partial charge in [-0.05, 0) is 65.7 Å². The van der Waals surface area contributed by atoms with Crippen LogP contribution in [0.5, 0.6) is 11.5 Å². The van der Waals surface area contributed by atoms with E-state index < -0.39 is 0 Å². The number of nitrogens with zero attached hydrogens (tertiary/aromatic N) is 3. The van der Waals surface area contributed by atoms with Gasteiger partial charge in [0.15, 0.2) is 11.5 Å². The first-order valence-corrected chi connectivity index (χ1v) is 10.7. The molecule has 0 aliphatic heterocycles. The minimum atomic E-state index is -0.213. The monoisotopic (exact) mass is 521 g/mol. The molecule has 1 aromatic heterocycles. The molecule has 0 N–H and O–H groups in total. The molecule has 8 heteroatoms. The molecule has 0 aliphatic rings. The molecule has 2 aromatic carbocycles. The number of hydrogen-bond acceptors (Lipinski definition) is 5. The quantitative estimate of drug-likeness (QED) is 0.419. The molecule has 0 saturated heterocycles. The minimum Gasteiger partial charge on any atom is -0.493 e. The van der Waals surface area contributed by atoms with Crippen molar-refractivity contribution < 1.29 is 9.47 Å². The maximum Gasteiger partial charge on any atom is 0.282 e. The maximum absolute atomic E-state index is 13.0. The van der Waals surface area contributed by atoms with Gasteiger partial charge >= 0.3 is 0 Å². The molecule has 152 valence electrons. The topological polar surface area (TPSA) is 65.7 Å². The summed E-state index contributed by atoms with van der Waals surface area (Å²) in [7, 11) is 1.58. The molecular formula is C21H21Br2N3O3. The number of fused-ring (bicyclic) bond motifs is 1. The molecule has 0 radical (unpaired) electrons. The standard InChI is InChI=1S/C21H21Br2N3O3/c1-5-19-25-17-7-6-14(22)10-15(17)21(27)26(19)24-11-13-8-16(23)20(29-12(2)3)18(9-13)28-4/h6-12H,5H2,1-4H3. The van der Waals surface area contributed by atoms with E-state index in [9.17, 15) is 4.79 Å². The molecule has 3 aromatic rings. The van der Waals surface area contributed by atoms with Crippen molar-refractivity contribution >= 4 is 49.0 Å². The van der Waals surface area contributed by atoms with E-state index in [1.807, 2.05) is 45.0 Å². The highest BCUT2D eigenvalue weighted by Gasteiger charge is 2.13. The van der Waals surface area contributed by atoms with E-state index in [4.69, 9.17) is 9.47 Å². The van der Waals surface area contributed by atoms with Crippen LogP contribution in [0.4, 0.5) is 0 Å². The van der Waals surface area contributed by atoms with Gasteiger partial charge in [0, 0.05) is 10.9 Å². The SMILES string of the molecule is CCc1nc2ccc(Br)cc2c(=O)n1N=Cc1cc(Br)c(OC(C)C)c(OC)c1. The van der Waals surface area contributed by atoms with Crippen LogP contribution in [0.1, 0.15) is 32.2 Å². The van der Waals surface area contributed by atoms with Gasteiger partial charge in [-0.2, -0.15) is 9.78 Å². The molecule has 1 heterocycles. The Labute approximate surface area is 185 Å². The second-order valence-electron chi connectivity index (χ2n) is 6.61. The lowest BCUT2D eigenvalue weighted by molar-refractivity contribution is 0.228. The van der Waals surface area contributed by atoms with Crippen molar-refractivity contribution in [2.45, 2.75) is 33.3 Å². The second kappa shape index (κ2) is 9.09. The van der Waals surface area contributed by atoms with E-state index in [1.54, 1.807) is 19.4 Å². The van der Waals surface area contributed by atoms with E-state index >= 15 is 0 Å². The number of ether oxygens (including phenoxy) is 2. The van der Waals surface area contributed by atoms with E-state index in [0.29, 0.717) is 34.6 Å². The van der Waals surface area contributed by atoms with Gasteiger partial charge in [-0.3, -0.25) is 4.79 Å². The second-order valence-corrected chi connectivity index (χ2v) is 8.38. The predicted octanol–water partition coefficient (Wildman–Crippen LogP) is 5.16. The summed E-state index contributed by atoms with van der Waals surface area (Å²) in [4.78, 5) is 17.6. The lowest BCUT2D eigenvalue weighted by atomic mass is 10.2. The highest BCUT2D eigenvalue weighted by Crippen LogP contribution is 2.37. The molecule has 0 spiro atoms. The Balaban J connectivity index is 2.08. The van der Waals surface area contributed by atoms with Crippen LogP contribution in [0, 0.1) is 0 Å². The molecule has 0 unspecified atom stereocenters. The molecule has 0 atom stereocenters. The van der Waals surface area contributed by atoms with Crippen molar-refractivity contribution in [1.82, 2.24) is 9.66 Å². The predicted molar refractivity (Wildman–Crippen MR) is 123 cm³/mol. The zero-order valence-corrected chi connectivity index (χ0v) is 19.7. The van der Waals surface area contributed by atoms with Crippen LogP contribution in [0.25, 0.3) is 10.9 Å². The molecular weight excluding hydrogens is 502 g/mol. The first kappa shape index (κ1) is 21.5. The molecule has 0 aliphatic carbocycles. The average Bonchev–Trinajstić information content (AvgIpc) is 2.68.